The summed E-state index contributed by atoms with van der Waals surface area (Å²) in [7, 11) is 0. The number of carbonyl (C=O) groups excluding carboxylic acids is 1. The first-order valence-electron chi connectivity index (χ1n) is 8.35. The maximum Gasteiger partial charge on any atom is 0.224 e. The minimum Gasteiger partial charge on any atom is -0.326 e. The third-order valence-electron chi connectivity index (χ3n) is 4.89. The Morgan fingerprint density at radius 1 is 1.33 bits per heavy atom. The van der Waals surface area contributed by atoms with Crippen LogP contribution in [0.15, 0.2) is 18.2 Å². The van der Waals surface area contributed by atoms with E-state index in [1.807, 2.05) is 0 Å². The van der Waals surface area contributed by atoms with E-state index >= 15 is 0 Å². The van der Waals surface area contributed by atoms with Gasteiger partial charge in [-0.15, -0.1) is 0 Å². The molecule has 1 amide bonds. The molecular formula is C18H26N2O. The standard InChI is InChI=1S/C18H26N2O/c1-3-10-19-18(12(2)13-4-5-13)15-6-8-16-14(11-15)7-9-17(21)20-16/h6,8,11-13,18-19H,3-5,7,9-10H2,1-2H3,(H,20,21). The molecule has 1 heterocycles. The third-order valence-corrected chi connectivity index (χ3v) is 4.89. The molecule has 0 bridgehead atoms. The van der Waals surface area contributed by atoms with E-state index in [4.69, 9.17) is 0 Å². The lowest BCUT2D eigenvalue weighted by atomic mass is 9.88. The fourth-order valence-electron chi connectivity index (χ4n) is 3.40. The molecule has 3 nitrogen and oxygen atoms in total. The number of nitrogens with one attached hydrogen (secondary N) is 2. The first kappa shape index (κ1) is 14.6. The molecule has 1 aliphatic heterocycles. The molecule has 3 heteroatoms. The predicted molar refractivity (Wildman–Crippen MR) is 86.3 cm³/mol. The second kappa shape index (κ2) is 6.18. The van der Waals surface area contributed by atoms with E-state index in [0.717, 1.165) is 31.0 Å². The van der Waals surface area contributed by atoms with Crippen molar-refractivity contribution in [2.24, 2.45) is 11.8 Å². The number of aryl methyl sites for hydroxylation is 1. The van der Waals surface area contributed by atoms with Gasteiger partial charge in [-0.3, -0.25) is 4.79 Å². The molecule has 1 aromatic carbocycles. The molecule has 1 aliphatic carbocycles. The van der Waals surface area contributed by atoms with Crippen LogP contribution in [-0.4, -0.2) is 12.5 Å². The Labute approximate surface area is 127 Å². The molecule has 0 aromatic heterocycles. The van der Waals surface area contributed by atoms with Crippen LogP contribution in [-0.2, 0) is 11.2 Å². The highest BCUT2D eigenvalue weighted by Gasteiger charge is 2.34. The van der Waals surface area contributed by atoms with Crippen molar-refractivity contribution in [3.8, 4) is 0 Å². The first-order chi connectivity index (χ1) is 10.2. The number of carbonyl (C=O) groups is 1. The molecule has 3 rings (SSSR count). The van der Waals surface area contributed by atoms with Crippen molar-refractivity contribution < 1.29 is 4.79 Å². The summed E-state index contributed by atoms with van der Waals surface area (Å²) in [4.78, 5) is 11.5. The number of benzene rings is 1. The molecule has 114 valence electrons. The highest BCUT2D eigenvalue weighted by molar-refractivity contribution is 5.93. The van der Waals surface area contributed by atoms with Crippen LogP contribution in [0.2, 0.25) is 0 Å². The van der Waals surface area contributed by atoms with E-state index in [0.29, 0.717) is 18.4 Å². The van der Waals surface area contributed by atoms with Crippen molar-refractivity contribution in [1.29, 1.82) is 0 Å². The molecule has 21 heavy (non-hydrogen) atoms. The summed E-state index contributed by atoms with van der Waals surface area (Å²) >= 11 is 0. The van der Waals surface area contributed by atoms with E-state index < -0.39 is 0 Å². The lowest BCUT2D eigenvalue weighted by Gasteiger charge is -2.27. The molecular weight excluding hydrogens is 260 g/mol. The summed E-state index contributed by atoms with van der Waals surface area (Å²) in [5.74, 6) is 1.71. The van der Waals surface area contributed by atoms with Crippen LogP contribution in [0.1, 0.15) is 56.7 Å². The average Bonchev–Trinajstić information content (AvgIpc) is 3.32. The van der Waals surface area contributed by atoms with Crippen LogP contribution in [0.3, 0.4) is 0 Å². The minimum atomic E-state index is 0.141. The SMILES string of the molecule is CCCNC(c1ccc2c(c1)CCC(=O)N2)C(C)C1CC1. The van der Waals surface area contributed by atoms with Gasteiger partial charge in [0.25, 0.3) is 0 Å². The van der Waals surface area contributed by atoms with Gasteiger partial charge >= 0.3 is 0 Å². The van der Waals surface area contributed by atoms with E-state index in [2.05, 4.69) is 42.7 Å². The Bertz CT molecular complexity index is 522. The van der Waals surface area contributed by atoms with Crippen molar-refractivity contribution in [1.82, 2.24) is 5.32 Å². The lowest BCUT2D eigenvalue weighted by Crippen LogP contribution is -2.29. The van der Waals surface area contributed by atoms with Gasteiger partial charge in [-0.1, -0.05) is 26.0 Å². The van der Waals surface area contributed by atoms with Gasteiger partial charge in [-0.25, -0.2) is 0 Å². The minimum absolute atomic E-state index is 0.141. The van der Waals surface area contributed by atoms with Crippen molar-refractivity contribution in [3.05, 3.63) is 29.3 Å². The number of amides is 1. The van der Waals surface area contributed by atoms with Gasteiger partial charge in [0, 0.05) is 18.2 Å². The van der Waals surface area contributed by atoms with E-state index in [-0.39, 0.29) is 5.91 Å². The molecule has 1 saturated carbocycles. The van der Waals surface area contributed by atoms with Gasteiger partial charge in [-0.2, -0.15) is 0 Å². The second-order valence-corrected chi connectivity index (χ2v) is 6.59. The summed E-state index contributed by atoms with van der Waals surface area (Å²) in [5, 5.41) is 6.71. The number of anilines is 1. The molecule has 1 fully saturated rings. The van der Waals surface area contributed by atoms with E-state index in [1.165, 1.54) is 24.0 Å². The Morgan fingerprint density at radius 2 is 2.14 bits per heavy atom. The van der Waals surface area contributed by atoms with Crippen LogP contribution < -0.4 is 10.6 Å². The Kier molecular flexibility index (Phi) is 4.29. The largest absolute Gasteiger partial charge is 0.326 e. The highest BCUT2D eigenvalue weighted by Crippen LogP contribution is 2.43. The van der Waals surface area contributed by atoms with Gasteiger partial charge in [-0.05, 0) is 61.3 Å². The van der Waals surface area contributed by atoms with Crippen LogP contribution in [0, 0.1) is 11.8 Å². The summed E-state index contributed by atoms with van der Waals surface area (Å²) in [5.41, 5.74) is 3.68. The summed E-state index contributed by atoms with van der Waals surface area (Å²) < 4.78 is 0. The van der Waals surface area contributed by atoms with Crippen LogP contribution in [0.5, 0.6) is 0 Å². The van der Waals surface area contributed by atoms with Gasteiger partial charge in [0.15, 0.2) is 0 Å². The molecule has 2 atom stereocenters. The number of rotatable bonds is 6. The predicted octanol–water partition coefficient (Wildman–Crippen LogP) is 3.66. The molecule has 0 spiro atoms. The fraction of sp³-hybridized carbons (Fsp3) is 0.611. The van der Waals surface area contributed by atoms with E-state index in [9.17, 15) is 4.79 Å². The monoisotopic (exact) mass is 286 g/mol. The van der Waals surface area contributed by atoms with Gasteiger partial charge in [0.1, 0.15) is 0 Å². The number of hydrogen-bond acceptors (Lipinski definition) is 2. The third kappa shape index (κ3) is 3.29. The lowest BCUT2D eigenvalue weighted by molar-refractivity contribution is -0.116. The molecule has 2 unspecified atom stereocenters. The smallest absolute Gasteiger partial charge is 0.224 e. The fourth-order valence-corrected chi connectivity index (χ4v) is 3.40. The van der Waals surface area contributed by atoms with Crippen LogP contribution >= 0.6 is 0 Å². The van der Waals surface area contributed by atoms with Crippen molar-refractivity contribution in [3.63, 3.8) is 0 Å². The molecule has 2 N–H and O–H groups in total. The van der Waals surface area contributed by atoms with Crippen molar-refractivity contribution in [2.75, 3.05) is 11.9 Å². The van der Waals surface area contributed by atoms with Gasteiger partial charge < -0.3 is 10.6 Å². The van der Waals surface area contributed by atoms with Crippen LogP contribution in [0.4, 0.5) is 5.69 Å². The molecule has 1 aromatic rings. The zero-order valence-electron chi connectivity index (χ0n) is 13.1. The Balaban J connectivity index is 1.82. The van der Waals surface area contributed by atoms with Crippen LogP contribution in [0.25, 0.3) is 0 Å². The van der Waals surface area contributed by atoms with Crippen molar-refractivity contribution >= 4 is 11.6 Å². The topological polar surface area (TPSA) is 41.1 Å². The number of hydrogen-bond donors (Lipinski definition) is 2. The summed E-state index contributed by atoms with van der Waals surface area (Å²) in [6.07, 6.45) is 5.41. The summed E-state index contributed by atoms with van der Waals surface area (Å²) in [6.45, 7) is 5.66. The number of fused-ring (bicyclic) bond motifs is 1. The van der Waals surface area contributed by atoms with Gasteiger partial charge in [0.2, 0.25) is 5.91 Å². The molecule has 0 saturated heterocycles. The molecule has 0 radical (unpaired) electrons. The summed E-state index contributed by atoms with van der Waals surface area (Å²) in [6, 6.07) is 7.03. The zero-order valence-corrected chi connectivity index (χ0v) is 13.1. The normalized spacial score (nSPS) is 20.6. The average molecular weight is 286 g/mol. The second-order valence-electron chi connectivity index (χ2n) is 6.59. The highest BCUT2D eigenvalue weighted by atomic mass is 16.1. The quantitative estimate of drug-likeness (QED) is 0.838. The zero-order chi connectivity index (χ0) is 14.8. The van der Waals surface area contributed by atoms with Crippen molar-refractivity contribution in [2.45, 2.75) is 52.0 Å². The Morgan fingerprint density at radius 3 is 2.86 bits per heavy atom. The molecule has 2 aliphatic rings. The Hall–Kier alpha value is -1.35. The van der Waals surface area contributed by atoms with E-state index in [1.54, 1.807) is 0 Å². The first-order valence-corrected chi connectivity index (χ1v) is 8.35. The maximum absolute atomic E-state index is 11.5. The maximum atomic E-state index is 11.5. The van der Waals surface area contributed by atoms with Gasteiger partial charge in [0.05, 0.1) is 0 Å².